The molecule has 0 saturated carbocycles. The van der Waals surface area contributed by atoms with E-state index in [1.165, 1.54) is 11.1 Å². The molecule has 2 unspecified atom stereocenters. The van der Waals surface area contributed by atoms with E-state index >= 15 is 0 Å². The zero-order valence-electron chi connectivity index (χ0n) is 13.1. The van der Waals surface area contributed by atoms with Gasteiger partial charge < -0.3 is 4.90 Å². The lowest BCUT2D eigenvalue weighted by atomic mass is 10.0. The van der Waals surface area contributed by atoms with Crippen molar-refractivity contribution in [2.45, 2.75) is 12.2 Å². The van der Waals surface area contributed by atoms with Crippen LogP contribution in [0.1, 0.15) is 23.3 Å². The highest BCUT2D eigenvalue weighted by molar-refractivity contribution is 6.30. The van der Waals surface area contributed by atoms with Crippen molar-refractivity contribution in [3.05, 3.63) is 101 Å². The van der Waals surface area contributed by atoms with Gasteiger partial charge >= 0.3 is 0 Å². The Hall–Kier alpha value is -2.58. The summed E-state index contributed by atoms with van der Waals surface area (Å²) in [5.74, 6) is 0. The minimum atomic E-state index is -0.0300. The molecule has 3 aromatic rings. The van der Waals surface area contributed by atoms with Gasteiger partial charge in [-0.2, -0.15) is 0 Å². The Balaban J connectivity index is 1.78. The fraction of sp³-hybridized carbons (Fsp3) is 0.0952. The first-order valence-corrected chi connectivity index (χ1v) is 8.38. The third-order valence-electron chi connectivity index (χ3n) is 4.30. The molecule has 1 aliphatic heterocycles. The normalized spacial score (nSPS) is 19.6. The lowest BCUT2D eigenvalue weighted by molar-refractivity contribution is 0.670. The maximum atomic E-state index is 6.08. The molecule has 3 heteroatoms. The molecule has 2 nitrogen and oxygen atoms in total. The molecule has 0 radical (unpaired) electrons. The zero-order valence-corrected chi connectivity index (χ0v) is 13.8. The third-order valence-corrected chi connectivity index (χ3v) is 4.55. The van der Waals surface area contributed by atoms with Gasteiger partial charge in [0, 0.05) is 16.9 Å². The second kappa shape index (κ2) is 6.50. The lowest BCUT2D eigenvalue weighted by Crippen LogP contribution is -2.27. The maximum absolute atomic E-state index is 6.08. The Morgan fingerprint density at radius 2 is 1.29 bits per heavy atom. The van der Waals surface area contributed by atoms with Gasteiger partial charge in [-0.25, -0.2) is 0 Å². The van der Waals surface area contributed by atoms with Crippen LogP contribution in [0.25, 0.3) is 0 Å². The monoisotopic (exact) mass is 332 g/mol. The van der Waals surface area contributed by atoms with Crippen LogP contribution in [-0.2, 0) is 0 Å². The summed E-state index contributed by atoms with van der Waals surface area (Å²) in [5.41, 5.74) is 3.52. The molecule has 0 amide bonds. The Morgan fingerprint density at radius 1 is 0.708 bits per heavy atom. The molecule has 3 aromatic carbocycles. The van der Waals surface area contributed by atoms with Crippen LogP contribution in [0, 0.1) is 0 Å². The smallest absolute Gasteiger partial charge is 0.147 e. The predicted molar refractivity (Wildman–Crippen MR) is 101 cm³/mol. The number of anilines is 1. The largest absolute Gasteiger partial charge is 0.334 e. The van der Waals surface area contributed by atoms with E-state index in [0.717, 1.165) is 10.7 Å². The quantitative estimate of drug-likeness (QED) is 0.603. The van der Waals surface area contributed by atoms with Crippen molar-refractivity contribution in [1.82, 2.24) is 0 Å². The number of hydrogen-bond donors (Lipinski definition) is 0. The van der Waals surface area contributed by atoms with Crippen molar-refractivity contribution >= 4 is 23.5 Å². The summed E-state index contributed by atoms with van der Waals surface area (Å²) in [6, 6.07) is 28.9. The average molecular weight is 333 g/mol. The van der Waals surface area contributed by atoms with E-state index in [1.807, 2.05) is 30.5 Å². The summed E-state index contributed by atoms with van der Waals surface area (Å²) in [4.78, 5) is 7.15. The van der Waals surface area contributed by atoms with Gasteiger partial charge in [-0.3, -0.25) is 4.99 Å². The molecule has 1 heterocycles. The SMILES string of the molecule is Clc1ccc(N2C(c3ccccc3)C=NC2c2ccccc2)cc1. The van der Waals surface area contributed by atoms with E-state index in [4.69, 9.17) is 16.6 Å². The van der Waals surface area contributed by atoms with Crippen molar-refractivity contribution in [2.75, 3.05) is 4.90 Å². The van der Waals surface area contributed by atoms with E-state index in [-0.39, 0.29) is 12.2 Å². The molecule has 0 N–H and O–H groups in total. The Kier molecular flexibility index (Phi) is 4.06. The molecule has 24 heavy (non-hydrogen) atoms. The molecule has 0 saturated heterocycles. The van der Waals surface area contributed by atoms with Gasteiger partial charge in [0.2, 0.25) is 0 Å². The second-order valence-electron chi connectivity index (χ2n) is 5.82. The minimum absolute atomic E-state index is 0.0300. The first-order valence-electron chi connectivity index (χ1n) is 8.00. The minimum Gasteiger partial charge on any atom is -0.334 e. The number of rotatable bonds is 3. The molecule has 2 atom stereocenters. The molecular weight excluding hydrogens is 316 g/mol. The van der Waals surface area contributed by atoms with Gasteiger partial charge in [-0.05, 0) is 35.4 Å². The molecule has 0 bridgehead atoms. The van der Waals surface area contributed by atoms with Crippen LogP contribution in [0.15, 0.2) is 89.9 Å². The topological polar surface area (TPSA) is 15.6 Å². The summed E-state index contributed by atoms with van der Waals surface area (Å²) in [6.07, 6.45) is 2.01. The highest BCUT2D eigenvalue weighted by Crippen LogP contribution is 2.40. The van der Waals surface area contributed by atoms with Crippen molar-refractivity contribution in [3.63, 3.8) is 0 Å². The zero-order chi connectivity index (χ0) is 16.4. The van der Waals surface area contributed by atoms with Gasteiger partial charge in [0.05, 0.1) is 6.04 Å². The van der Waals surface area contributed by atoms with Gasteiger partial charge in [-0.15, -0.1) is 0 Å². The van der Waals surface area contributed by atoms with E-state index in [2.05, 4.69) is 65.6 Å². The molecule has 0 fully saturated rings. The van der Waals surface area contributed by atoms with Gasteiger partial charge in [0.25, 0.3) is 0 Å². The van der Waals surface area contributed by atoms with Crippen LogP contribution in [0.5, 0.6) is 0 Å². The summed E-state index contributed by atoms with van der Waals surface area (Å²) < 4.78 is 0. The highest BCUT2D eigenvalue weighted by Gasteiger charge is 2.32. The van der Waals surface area contributed by atoms with Crippen LogP contribution < -0.4 is 4.90 Å². The van der Waals surface area contributed by atoms with Crippen LogP contribution in [0.4, 0.5) is 5.69 Å². The first-order chi connectivity index (χ1) is 11.8. The maximum Gasteiger partial charge on any atom is 0.147 e. The number of aliphatic imine (C=N–C) groups is 1. The second-order valence-corrected chi connectivity index (χ2v) is 6.26. The predicted octanol–water partition coefficient (Wildman–Crippen LogP) is 5.67. The number of benzene rings is 3. The van der Waals surface area contributed by atoms with Gasteiger partial charge in [-0.1, -0.05) is 72.3 Å². The molecule has 0 spiro atoms. The van der Waals surface area contributed by atoms with Crippen LogP contribution in [0.3, 0.4) is 0 Å². The molecule has 4 rings (SSSR count). The fourth-order valence-corrected chi connectivity index (χ4v) is 3.27. The van der Waals surface area contributed by atoms with Gasteiger partial charge in [0.15, 0.2) is 0 Å². The van der Waals surface area contributed by atoms with Crippen LogP contribution in [0.2, 0.25) is 5.02 Å². The van der Waals surface area contributed by atoms with E-state index < -0.39 is 0 Å². The fourth-order valence-electron chi connectivity index (χ4n) is 3.14. The van der Waals surface area contributed by atoms with Crippen molar-refractivity contribution in [3.8, 4) is 0 Å². The molecule has 0 aliphatic carbocycles. The standard InChI is InChI=1S/C21H17ClN2/c22-18-11-13-19(14-12-18)24-20(16-7-3-1-4-8-16)15-23-21(24)17-9-5-2-6-10-17/h1-15,20-21H. The van der Waals surface area contributed by atoms with Crippen molar-refractivity contribution in [2.24, 2.45) is 4.99 Å². The van der Waals surface area contributed by atoms with Gasteiger partial charge in [0.1, 0.15) is 6.17 Å². The summed E-state index contributed by atoms with van der Waals surface area (Å²) >= 11 is 6.08. The average Bonchev–Trinajstić information content (AvgIpc) is 3.09. The van der Waals surface area contributed by atoms with Crippen molar-refractivity contribution in [1.29, 1.82) is 0 Å². The Morgan fingerprint density at radius 3 is 1.92 bits per heavy atom. The van der Waals surface area contributed by atoms with E-state index in [0.29, 0.717) is 0 Å². The Labute approximate surface area is 147 Å². The summed E-state index contributed by atoms with van der Waals surface area (Å²) in [5, 5.41) is 0.742. The molecule has 1 aliphatic rings. The van der Waals surface area contributed by atoms with Crippen LogP contribution >= 0.6 is 11.6 Å². The first kappa shape index (κ1) is 15.0. The molecular formula is C21H17ClN2. The summed E-state index contributed by atoms with van der Waals surface area (Å²) in [7, 11) is 0. The highest BCUT2D eigenvalue weighted by atomic mass is 35.5. The van der Waals surface area contributed by atoms with Crippen LogP contribution in [-0.4, -0.2) is 6.21 Å². The molecule has 0 aromatic heterocycles. The van der Waals surface area contributed by atoms with E-state index in [9.17, 15) is 0 Å². The number of hydrogen-bond acceptors (Lipinski definition) is 2. The lowest BCUT2D eigenvalue weighted by Gasteiger charge is -2.31. The third kappa shape index (κ3) is 2.81. The van der Waals surface area contributed by atoms with Crippen molar-refractivity contribution < 1.29 is 0 Å². The molecule has 118 valence electrons. The number of halogens is 1. The summed E-state index contributed by atoms with van der Waals surface area (Å²) in [6.45, 7) is 0. The number of nitrogens with zero attached hydrogens (tertiary/aromatic N) is 2. The van der Waals surface area contributed by atoms with E-state index in [1.54, 1.807) is 0 Å². The Bertz CT molecular complexity index is 779.